The summed E-state index contributed by atoms with van der Waals surface area (Å²) in [5.41, 5.74) is 0.526. The van der Waals surface area contributed by atoms with E-state index in [0.29, 0.717) is 4.88 Å². The summed E-state index contributed by atoms with van der Waals surface area (Å²) in [4.78, 5) is 12.1. The van der Waals surface area contributed by atoms with Crippen LogP contribution in [0, 0.1) is 18.6 Å². The van der Waals surface area contributed by atoms with Gasteiger partial charge in [0.25, 0.3) is 5.91 Å². The molecule has 88 valence electrons. The Morgan fingerprint density at radius 3 is 2.47 bits per heavy atom. The van der Waals surface area contributed by atoms with Gasteiger partial charge in [0, 0.05) is 0 Å². The Balaban J connectivity index is 2.24. The van der Waals surface area contributed by atoms with Crippen LogP contribution in [-0.4, -0.2) is 5.91 Å². The third-order valence-electron chi connectivity index (χ3n) is 2.16. The molecule has 0 unspecified atom stereocenters. The Morgan fingerprint density at radius 2 is 1.94 bits per heavy atom. The zero-order valence-electron chi connectivity index (χ0n) is 8.96. The summed E-state index contributed by atoms with van der Waals surface area (Å²) in [6.07, 6.45) is 0. The van der Waals surface area contributed by atoms with Crippen LogP contribution in [0.25, 0.3) is 0 Å². The average Bonchev–Trinajstić information content (AvgIpc) is 2.70. The van der Waals surface area contributed by atoms with Crippen molar-refractivity contribution in [2.24, 2.45) is 0 Å². The second-order valence-electron chi connectivity index (χ2n) is 3.54. The molecule has 2 nitrogen and oxygen atoms in total. The van der Waals surface area contributed by atoms with Gasteiger partial charge in [0.15, 0.2) is 0 Å². The van der Waals surface area contributed by atoms with E-state index in [1.165, 1.54) is 17.4 Å². The van der Waals surface area contributed by atoms with Gasteiger partial charge in [-0.15, -0.1) is 11.3 Å². The lowest BCUT2D eigenvalue weighted by Gasteiger charge is -2.05. The van der Waals surface area contributed by atoms with Crippen LogP contribution in [0.4, 0.5) is 14.5 Å². The van der Waals surface area contributed by atoms with Crippen molar-refractivity contribution < 1.29 is 13.6 Å². The monoisotopic (exact) mass is 253 g/mol. The number of hydrogen-bond donors (Lipinski definition) is 1. The van der Waals surface area contributed by atoms with Gasteiger partial charge < -0.3 is 5.32 Å². The molecule has 0 aliphatic heterocycles. The van der Waals surface area contributed by atoms with Crippen molar-refractivity contribution in [1.29, 1.82) is 0 Å². The third kappa shape index (κ3) is 2.50. The van der Waals surface area contributed by atoms with E-state index >= 15 is 0 Å². The van der Waals surface area contributed by atoms with Crippen molar-refractivity contribution in [3.63, 3.8) is 0 Å². The normalized spacial score (nSPS) is 10.3. The van der Waals surface area contributed by atoms with E-state index in [4.69, 9.17) is 0 Å². The number of carbonyl (C=O) groups is 1. The van der Waals surface area contributed by atoms with Gasteiger partial charge >= 0.3 is 0 Å². The Hall–Kier alpha value is -1.75. The summed E-state index contributed by atoms with van der Waals surface area (Å²) in [6, 6.07) is 5.10. The number of nitrogens with one attached hydrogen (secondary N) is 1. The fourth-order valence-electron chi connectivity index (χ4n) is 1.34. The molecule has 0 fully saturated rings. The number of para-hydroxylation sites is 1. The molecule has 0 aliphatic carbocycles. The van der Waals surface area contributed by atoms with E-state index in [0.717, 1.165) is 17.7 Å². The summed E-state index contributed by atoms with van der Waals surface area (Å²) >= 11 is 1.23. The van der Waals surface area contributed by atoms with E-state index in [2.05, 4.69) is 5.32 Å². The number of thiophene rings is 1. The standard InChI is InChI=1S/C12H9F2NOS/c1-7-5-10(17-6-7)12(16)15-11-8(13)3-2-4-9(11)14/h2-6H,1H3,(H,15,16). The van der Waals surface area contributed by atoms with E-state index in [9.17, 15) is 13.6 Å². The predicted octanol–water partition coefficient (Wildman–Crippen LogP) is 3.59. The lowest BCUT2D eigenvalue weighted by molar-refractivity contribution is 0.102. The van der Waals surface area contributed by atoms with Gasteiger partial charge in [-0.2, -0.15) is 0 Å². The minimum atomic E-state index is -0.786. The van der Waals surface area contributed by atoms with E-state index in [1.807, 2.05) is 6.92 Å². The minimum absolute atomic E-state index is 0.413. The highest BCUT2D eigenvalue weighted by Crippen LogP contribution is 2.21. The Labute approximate surface area is 101 Å². The summed E-state index contributed by atoms with van der Waals surface area (Å²) in [5.74, 6) is -2.08. The zero-order chi connectivity index (χ0) is 12.4. The van der Waals surface area contributed by atoms with Gasteiger partial charge in [-0.05, 0) is 36.1 Å². The molecule has 1 N–H and O–H groups in total. The molecule has 2 aromatic rings. The van der Waals surface area contributed by atoms with Crippen LogP contribution >= 0.6 is 11.3 Å². The van der Waals surface area contributed by atoms with Gasteiger partial charge in [0.05, 0.1) is 4.88 Å². The number of benzene rings is 1. The quantitative estimate of drug-likeness (QED) is 0.870. The molecule has 1 aromatic carbocycles. The molecule has 0 bridgehead atoms. The number of carbonyl (C=O) groups excluding carboxylic acids is 1. The maximum Gasteiger partial charge on any atom is 0.265 e. The molecule has 1 aromatic heterocycles. The first kappa shape index (κ1) is 11.7. The number of anilines is 1. The van der Waals surface area contributed by atoms with Crippen molar-refractivity contribution in [2.45, 2.75) is 6.92 Å². The van der Waals surface area contributed by atoms with Crippen molar-refractivity contribution in [3.05, 3.63) is 51.7 Å². The zero-order valence-corrected chi connectivity index (χ0v) is 9.78. The summed E-state index contributed by atoms with van der Waals surface area (Å²) in [5, 5.41) is 4.03. The molecule has 0 atom stereocenters. The topological polar surface area (TPSA) is 29.1 Å². The van der Waals surface area contributed by atoms with E-state index in [1.54, 1.807) is 11.4 Å². The number of halogens is 2. The molecule has 0 aliphatic rings. The predicted molar refractivity (Wildman–Crippen MR) is 63.4 cm³/mol. The van der Waals surface area contributed by atoms with Crippen LogP contribution in [0.15, 0.2) is 29.6 Å². The largest absolute Gasteiger partial charge is 0.316 e. The van der Waals surface area contributed by atoms with Crippen LogP contribution in [0.3, 0.4) is 0 Å². The Morgan fingerprint density at radius 1 is 1.29 bits per heavy atom. The second kappa shape index (κ2) is 4.63. The highest BCUT2D eigenvalue weighted by molar-refractivity contribution is 7.12. The van der Waals surface area contributed by atoms with Gasteiger partial charge in [-0.1, -0.05) is 6.07 Å². The molecule has 5 heteroatoms. The number of rotatable bonds is 2. The van der Waals surface area contributed by atoms with Crippen LogP contribution < -0.4 is 5.32 Å². The number of amides is 1. The Kier molecular flexibility index (Phi) is 3.19. The smallest absolute Gasteiger partial charge is 0.265 e. The van der Waals surface area contributed by atoms with Crippen molar-refractivity contribution >= 4 is 22.9 Å². The maximum atomic E-state index is 13.3. The molecule has 1 heterocycles. The molecular formula is C12H9F2NOS. The van der Waals surface area contributed by atoms with Crippen molar-refractivity contribution in [2.75, 3.05) is 5.32 Å². The number of hydrogen-bond acceptors (Lipinski definition) is 2. The molecule has 17 heavy (non-hydrogen) atoms. The van der Waals surface area contributed by atoms with Gasteiger partial charge in [0.1, 0.15) is 17.3 Å². The lowest BCUT2D eigenvalue weighted by Crippen LogP contribution is -2.12. The molecule has 0 saturated heterocycles. The van der Waals surface area contributed by atoms with Gasteiger partial charge in [-0.3, -0.25) is 4.79 Å². The molecule has 0 radical (unpaired) electrons. The molecule has 0 saturated carbocycles. The molecule has 0 spiro atoms. The SMILES string of the molecule is Cc1csc(C(=O)Nc2c(F)cccc2F)c1. The summed E-state index contributed by atoms with van der Waals surface area (Å²) in [7, 11) is 0. The first-order valence-corrected chi connectivity index (χ1v) is 5.76. The first-order valence-electron chi connectivity index (χ1n) is 4.88. The molecular weight excluding hydrogens is 244 g/mol. The van der Waals surface area contributed by atoms with E-state index < -0.39 is 23.2 Å². The fourth-order valence-corrected chi connectivity index (χ4v) is 2.14. The van der Waals surface area contributed by atoms with E-state index in [-0.39, 0.29) is 0 Å². The lowest BCUT2D eigenvalue weighted by atomic mass is 10.2. The molecule has 1 amide bonds. The highest BCUT2D eigenvalue weighted by atomic mass is 32.1. The van der Waals surface area contributed by atoms with Crippen LogP contribution in [0.2, 0.25) is 0 Å². The van der Waals surface area contributed by atoms with Crippen LogP contribution in [0.1, 0.15) is 15.2 Å². The molecule has 2 rings (SSSR count). The minimum Gasteiger partial charge on any atom is -0.316 e. The highest BCUT2D eigenvalue weighted by Gasteiger charge is 2.14. The second-order valence-corrected chi connectivity index (χ2v) is 4.45. The van der Waals surface area contributed by atoms with Crippen molar-refractivity contribution in [1.82, 2.24) is 0 Å². The summed E-state index contributed by atoms with van der Waals surface area (Å²) in [6.45, 7) is 1.84. The average molecular weight is 253 g/mol. The Bertz CT molecular complexity index is 545. The third-order valence-corrected chi connectivity index (χ3v) is 3.20. The summed E-state index contributed by atoms with van der Waals surface area (Å²) < 4.78 is 26.6. The first-order chi connectivity index (χ1) is 8.08. The van der Waals surface area contributed by atoms with Crippen LogP contribution in [-0.2, 0) is 0 Å². The van der Waals surface area contributed by atoms with Crippen LogP contribution in [0.5, 0.6) is 0 Å². The fraction of sp³-hybridized carbons (Fsp3) is 0.0833. The number of aryl methyl sites for hydroxylation is 1. The van der Waals surface area contributed by atoms with Gasteiger partial charge in [-0.25, -0.2) is 8.78 Å². The van der Waals surface area contributed by atoms with Crippen molar-refractivity contribution in [3.8, 4) is 0 Å². The van der Waals surface area contributed by atoms with Gasteiger partial charge in [0.2, 0.25) is 0 Å². The maximum absolute atomic E-state index is 13.3.